The number of aromatic nitrogens is 1. The number of fused-ring (bicyclic) bond motifs is 2. The highest BCUT2D eigenvalue weighted by molar-refractivity contribution is 5.83. The van der Waals surface area contributed by atoms with E-state index >= 15 is 0 Å². The number of aryl methyl sites for hydroxylation is 2. The summed E-state index contributed by atoms with van der Waals surface area (Å²) in [5.74, 6) is -0.341. The molecule has 0 amide bonds. The standard InChI is InChI=1S/C21H17F4NO4.CH2O3/c1-4-14-11(2)7-12-8-18(17(27-3)10-15(12)26-14)28-13-5-6-16-19(9-13)30-21(24,25)20(22,23)29-16;2-1(3)4/h5-10H,4H2,1-3H3;(H2,2,3,4). The topological polar surface area (TPSA) is 107 Å². The van der Waals surface area contributed by atoms with E-state index in [2.05, 4.69) is 14.5 Å². The summed E-state index contributed by atoms with van der Waals surface area (Å²) in [6.45, 7) is 3.96. The summed E-state index contributed by atoms with van der Waals surface area (Å²) in [6, 6.07) is 8.78. The highest BCUT2D eigenvalue weighted by Gasteiger charge is 2.66. The third kappa shape index (κ3) is 5.00. The average molecular weight is 485 g/mol. The van der Waals surface area contributed by atoms with Crippen LogP contribution in [0.4, 0.5) is 22.4 Å². The largest absolute Gasteiger partial charge is 0.507 e. The van der Waals surface area contributed by atoms with Gasteiger partial charge in [-0.15, -0.1) is 0 Å². The zero-order valence-corrected chi connectivity index (χ0v) is 18.1. The van der Waals surface area contributed by atoms with E-state index in [1.165, 1.54) is 13.2 Å². The molecule has 182 valence electrons. The van der Waals surface area contributed by atoms with Crippen molar-refractivity contribution in [3.63, 3.8) is 0 Å². The van der Waals surface area contributed by atoms with Gasteiger partial charge in [0.15, 0.2) is 23.0 Å². The molecule has 1 aromatic heterocycles. The molecular weight excluding hydrogens is 466 g/mol. The molecule has 0 saturated carbocycles. The van der Waals surface area contributed by atoms with Crippen LogP contribution in [0.5, 0.6) is 28.7 Å². The molecule has 4 rings (SSSR count). The summed E-state index contributed by atoms with van der Waals surface area (Å²) in [4.78, 5) is 13.2. The maximum atomic E-state index is 13.4. The predicted octanol–water partition coefficient (Wildman–Crippen LogP) is 6.09. The Balaban J connectivity index is 0.000000751. The van der Waals surface area contributed by atoms with Crippen molar-refractivity contribution in [2.75, 3.05) is 7.11 Å². The van der Waals surface area contributed by atoms with Crippen molar-refractivity contribution in [3.05, 3.63) is 47.7 Å². The Labute approximate surface area is 190 Å². The number of halogens is 4. The van der Waals surface area contributed by atoms with Crippen molar-refractivity contribution in [3.8, 4) is 28.7 Å². The molecule has 0 aliphatic carbocycles. The summed E-state index contributed by atoms with van der Waals surface area (Å²) in [5.41, 5.74) is 2.69. The van der Waals surface area contributed by atoms with Gasteiger partial charge in [0.25, 0.3) is 0 Å². The Kier molecular flexibility index (Phi) is 6.62. The number of carboxylic acid groups (broad SMARTS) is 2. The summed E-state index contributed by atoms with van der Waals surface area (Å²) < 4.78 is 72.8. The minimum absolute atomic E-state index is 0.0749. The Morgan fingerprint density at radius 1 is 1.00 bits per heavy atom. The van der Waals surface area contributed by atoms with E-state index in [0.717, 1.165) is 35.2 Å². The fourth-order valence-electron chi connectivity index (χ4n) is 3.16. The van der Waals surface area contributed by atoms with Crippen LogP contribution in [0.15, 0.2) is 36.4 Å². The first kappa shape index (κ1) is 24.7. The van der Waals surface area contributed by atoms with E-state index in [1.807, 2.05) is 19.9 Å². The monoisotopic (exact) mass is 485 g/mol. The molecule has 8 nitrogen and oxygen atoms in total. The van der Waals surface area contributed by atoms with Crippen molar-refractivity contribution in [2.24, 2.45) is 0 Å². The first-order valence-electron chi connectivity index (χ1n) is 9.72. The lowest BCUT2D eigenvalue weighted by atomic mass is 10.1. The number of rotatable bonds is 4. The van der Waals surface area contributed by atoms with Gasteiger partial charge in [0, 0.05) is 23.2 Å². The highest BCUT2D eigenvalue weighted by atomic mass is 19.3. The second-order valence-corrected chi connectivity index (χ2v) is 7.03. The molecule has 0 unspecified atom stereocenters. The summed E-state index contributed by atoms with van der Waals surface area (Å²) in [5, 5.41) is 14.7. The van der Waals surface area contributed by atoms with Crippen LogP contribution in [0.1, 0.15) is 18.2 Å². The van der Waals surface area contributed by atoms with Crippen LogP contribution in [-0.2, 0) is 6.42 Å². The Morgan fingerprint density at radius 2 is 1.62 bits per heavy atom. The van der Waals surface area contributed by atoms with Gasteiger partial charge < -0.3 is 29.2 Å². The molecule has 0 atom stereocenters. The molecule has 1 aliphatic heterocycles. The maximum absolute atomic E-state index is 13.4. The zero-order valence-electron chi connectivity index (χ0n) is 18.1. The molecule has 2 N–H and O–H groups in total. The number of pyridine rings is 1. The van der Waals surface area contributed by atoms with Gasteiger partial charge in [-0.3, -0.25) is 4.98 Å². The number of nitrogens with zero attached hydrogens (tertiary/aromatic N) is 1. The fourth-order valence-corrected chi connectivity index (χ4v) is 3.16. The van der Waals surface area contributed by atoms with Gasteiger partial charge in [0.2, 0.25) is 0 Å². The lowest BCUT2D eigenvalue weighted by molar-refractivity contribution is -0.391. The quantitative estimate of drug-likeness (QED) is 0.428. The van der Waals surface area contributed by atoms with Crippen LogP contribution >= 0.6 is 0 Å². The lowest BCUT2D eigenvalue weighted by Gasteiger charge is -2.31. The van der Waals surface area contributed by atoms with E-state index in [0.29, 0.717) is 17.0 Å². The molecule has 12 heteroatoms. The second kappa shape index (κ2) is 9.12. The Bertz CT molecular complexity index is 1230. The van der Waals surface area contributed by atoms with Crippen LogP contribution in [0.2, 0.25) is 0 Å². The first-order valence-corrected chi connectivity index (χ1v) is 9.72. The molecule has 1 aliphatic rings. The average Bonchev–Trinajstić information content (AvgIpc) is 2.73. The number of methoxy groups -OCH3 is 1. The van der Waals surface area contributed by atoms with Crippen molar-refractivity contribution < 1.29 is 51.5 Å². The van der Waals surface area contributed by atoms with Gasteiger partial charge in [-0.2, -0.15) is 17.6 Å². The van der Waals surface area contributed by atoms with Crippen molar-refractivity contribution in [2.45, 2.75) is 32.5 Å². The van der Waals surface area contributed by atoms with Crippen molar-refractivity contribution in [1.29, 1.82) is 0 Å². The molecule has 0 fully saturated rings. The number of benzene rings is 2. The molecule has 0 bridgehead atoms. The van der Waals surface area contributed by atoms with Gasteiger partial charge in [0.1, 0.15) is 5.75 Å². The van der Waals surface area contributed by atoms with Gasteiger partial charge in [-0.1, -0.05) is 6.92 Å². The predicted molar refractivity (Wildman–Crippen MR) is 111 cm³/mol. The van der Waals surface area contributed by atoms with E-state index in [9.17, 15) is 17.6 Å². The Morgan fingerprint density at radius 3 is 2.21 bits per heavy atom. The molecule has 0 saturated heterocycles. The summed E-state index contributed by atoms with van der Waals surface area (Å²) >= 11 is 0. The smallest absolute Gasteiger partial charge is 0.493 e. The molecule has 0 radical (unpaired) electrons. The minimum Gasteiger partial charge on any atom is -0.493 e. The molecule has 2 aromatic carbocycles. The first-order chi connectivity index (χ1) is 15.9. The number of ether oxygens (including phenoxy) is 4. The van der Waals surface area contributed by atoms with Gasteiger partial charge in [0.05, 0.1) is 12.6 Å². The third-order valence-electron chi connectivity index (χ3n) is 4.69. The number of alkyl halides is 4. The summed E-state index contributed by atoms with van der Waals surface area (Å²) in [7, 11) is 1.45. The molecule has 2 heterocycles. The maximum Gasteiger partial charge on any atom is 0.507 e. The van der Waals surface area contributed by atoms with Crippen molar-refractivity contribution >= 4 is 17.1 Å². The molecule has 3 aromatic rings. The van der Waals surface area contributed by atoms with Gasteiger partial charge in [-0.05, 0) is 43.2 Å². The second-order valence-electron chi connectivity index (χ2n) is 7.03. The molecule has 0 spiro atoms. The van der Waals surface area contributed by atoms with Crippen LogP contribution < -0.4 is 18.9 Å². The lowest BCUT2D eigenvalue weighted by Crippen LogP contribution is -2.52. The molecule has 34 heavy (non-hydrogen) atoms. The fraction of sp³-hybridized carbons (Fsp3) is 0.273. The van der Waals surface area contributed by atoms with Crippen LogP contribution in [-0.4, -0.2) is 40.7 Å². The minimum atomic E-state index is -4.81. The van der Waals surface area contributed by atoms with E-state index in [-0.39, 0.29) is 5.75 Å². The van der Waals surface area contributed by atoms with Crippen molar-refractivity contribution in [1.82, 2.24) is 4.98 Å². The van der Waals surface area contributed by atoms with Crippen LogP contribution in [0, 0.1) is 6.92 Å². The highest BCUT2D eigenvalue weighted by Crippen LogP contribution is 2.48. The SMILES string of the molecule is CCc1nc2cc(OC)c(Oc3ccc4c(c3)OC(F)(F)C(F)(F)O4)cc2cc1C.O=C(O)O. The third-order valence-corrected chi connectivity index (χ3v) is 4.69. The number of hydrogen-bond acceptors (Lipinski definition) is 6. The summed E-state index contributed by atoms with van der Waals surface area (Å²) in [6.07, 6.45) is -10.6. The van der Waals surface area contributed by atoms with E-state index in [1.54, 1.807) is 12.1 Å². The number of carbonyl (C=O) groups is 1. The van der Waals surface area contributed by atoms with E-state index < -0.39 is 29.9 Å². The zero-order chi connectivity index (χ0) is 25.3. The van der Waals surface area contributed by atoms with Crippen LogP contribution in [0.3, 0.4) is 0 Å². The Hall–Kier alpha value is -3.96. The van der Waals surface area contributed by atoms with Crippen LogP contribution in [0.25, 0.3) is 10.9 Å². The van der Waals surface area contributed by atoms with Gasteiger partial charge in [-0.25, -0.2) is 4.79 Å². The van der Waals surface area contributed by atoms with Gasteiger partial charge >= 0.3 is 18.4 Å². The molecular formula is C22H19F4NO7. The number of hydrogen-bond donors (Lipinski definition) is 2. The normalized spacial score (nSPS) is 15.1. The van der Waals surface area contributed by atoms with E-state index in [4.69, 9.17) is 24.5 Å².